The number of carbonyl (C=O) groups is 2. The highest BCUT2D eigenvalue weighted by Crippen LogP contribution is 2.22. The van der Waals surface area contributed by atoms with E-state index in [-0.39, 0.29) is 12.8 Å². The molecule has 0 aromatic rings. The Morgan fingerprint density at radius 1 is 0.826 bits per heavy atom. The SMILES string of the molecule is CCCCC(C)(O)CC(=O)O.CCCCC(O)(CC)CC(=O)O. The van der Waals surface area contributed by atoms with Crippen LogP contribution in [0.25, 0.3) is 0 Å². The molecule has 0 aromatic heterocycles. The molecule has 2 atom stereocenters. The van der Waals surface area contributed by atoms with Crippen LogP contribution >= 0.6 is 0 Å². The molecule has 4 N–H and O–H groups in total. The average molecular weight is 334 g/mol. The van der Waals surface area contributed by atoms with Crippen molar-refractivity contribution in [2.75, 3.05) is 0 Å². The van der Waals surface area contributed by atoms with Crippen LogP contribution in [0.3, 0.4) is 0 Å². The molecule has 0 aliphatic heterocycles. The van der Waals surface area contributed by atoms with E-state index in [1.165, 1.54) is 0 Å². The molecule has 6 heteroatoms. The molecular weight excluding hydrogens is 300 g/mol. The molecular formula is C17H34O6. The van der Waals surface area contributed by atoms with Crippen LogP contribution in [0.5, 0.6) is 0 Å². The minimum Gasteiger partial charge on any atom is -0.481 e. The van der Waals surface area contributed by atoms with Gasteiger partial charge in [-0.2, -0.15) is 0 Å². The van der Waals surface area contributed by atoms with E-state index in [1.54, 1.807) is 6.92 Å². The predicted octanol–water partition coefficient (Wildman–Crippen LogP) is 3.19. The first kappa shape index (κ1) is 24.1. The summed E-state index contributed by atoms with van der Waals surface area (Å²) in [5.41, 5.74) is -2.01. The summed E-state index contributed by atoms with van der Waals surface area (Å²) in [4.78, 5) is 20.6. The van der Waals surface area contributed by atoms with E-state index in [1.807, 2.05) is 20.8 Å². The average Bonchev–Trinajstić information content (AvgIpc) is 2.41. The van der Waals surface area contributed by atoms with E-state index in [2.05, 4.69) is 0 Å². The van der Waals surface area contributed by atoms with Gasteiger partial charge in [-0.15, -0.1) is 0 Å². The van der Waals surface area contributed by atoms with Crippen molar-refractivity contribution in [1.82, 2.24) is 0 Å². The highest BCUT2D eigenvalue weighted by molar-refractivity contribution is 5.68. The van der Waals surface area contributed by atoms with Gasteiger partial charge in [0.05, 0.1) is 24.0 Å². The van der Waals surface area contributed by atoms with Gasteiger partial charge < -0.3 is 20.4 Å². The molecule has 23 heavy (non-hydrogen) atoms. The minimum atomic E-state index is -1.03. The van der Waals surface area contributed by atoms with Gasteiger partial charge in [0.2, 0.25) is 0 Å². The lowest BCUT2D eigenvalue weighted by atomic mass is 9.90. The van der Waals surface area contributed by atoms with Gasteiger partial charge in [-0.1, -0.05) is 46.5 Å². The van der Waals surface area contributed by atoms with Crippen LogP contribution in [0.1, 0.15) is 85.5 Å². The second-order valence-corrected chi connectivity index (χ2v) is 6.42. The molecule has 0 fully saturated rings. The Bertz CT molecular complexity index is 340. The highest BCUT2D eigenvalue weighted by Gasteiger charge is 2.26. The molecule has 0 spiro atoms. The van der Waals surface area contributed by atoms with Crippen molar-refractivity contribution in [3.8, 4) is 0 Å². The number of unbranched alkanes of at least 4 members (excludes halogenated alkanes) is 2. The summed E-state index contributed by atoms with van der Waals surface area (Å²) >= 11 is 0. The van der Waals surface area contributed by atoms with Gasteiger partial charge in [-0.25, -0.2) is 0 Å². The van der Waals surface area contributed by atoms with E-state index < -0.39 is 23.1 Å². The predicted molar refractivity (Wildman–Crippen MR) is 89.4 cm³/mol. The number of carboxylic acid groups (broad SMARTS) is 2. The summed E-state index contributed by atoms with van der Waals surface area (Å²) in [6.07, 6.45) is 5.10. The third kappa shape index (κ3) is 15.5. The second kappa shape index (κ2) is 12.3. The summed E-state index contributed by atoms with van der Waals surface area (Å²) in [6.45, 7) is 7.42. The van der Waals surface area contributed by atoms with E-state index in [4.69, 9.17) is 10.2 Å². The monoisotopic (exact) mass is 334 g/mol. The zero-order valence-electron chi connectivity index (χ0n) is 15.0. The molecule has 0 saturated carbocycles. The Labute approximate surface area is 139 Å². The van der Waals surface area contributed by atoms with Crippen molar-refractivity contribution in [2.45, 2.75) is 96.7 Å². The van der Waals surface area contributed by atoms with E-state index in [0.717, 1.165) is 25.7 Å². The molecule has 0 radical (unpaired) electrons. The molecule has 0 rings (SSSR count). The van der Waals surface area contributed by atoms with Gasteiger partial charge >= 0.3 is 11.9 Å². The van der Waals surface area contributed by atoms with Gasteiger partial charge in [0.15, 0.2) is 0 Å². The number of aliphatic carboxylic acids is 2. The van der Waals surface area contributed by atoms with Crippen LogP contribution in [0.4, 0.5) is 0 Å². The lowest BCUT2D eigenvalue weighted by Crippen LogP contribution is -2.30. The Balaban J connectivity index is 0. The number of hydrogen-bond acceptors (Lipinski definition) is 4. The molecule has 0 bridgehead atoms. The maximum atomic E-state index is 10.4. The van der Waals surface area contributed by atoms with Crippen molar-refractivity contribution >= 4 is 11.9 Å². The zero-order valence-corrected chi connectivity index (χ0v) is 15.0. The van der Waals surface area contributed by atoms with Crippen molar-refractivity contribution in [3.05, 3.63) is 0 Å². The fraction of sp³-hybridized carbons (Fsp3) is 0.882. The Morgan fingerprint density at radius 2 is 1.26 bits per heavy atom. The molecule has 138 valence electrons. The standard InChI is InChI=1S/C9H18O3.C8H16O3/c1-3-5-6-9(12,4-2)7-8(10)11;1-3-4-5-8(2,11)6-7(9)10/h12H,3-7H2,1-2H3,(H,10,11);11H,3-6H2,1-2H3,(H,9,10). The number of aliphatic hydroxyl groups is 2. The molecule has 0 aliphatic carbocycles. The van der Waals surface area contributed by atoms with Crippen LogP contribution in [-0.2, 0) is 9.59 Å². The Morgan fingerprint density at radius 3 is 1.61 bits per heavy atom. The fourth-order valence-corrected chi connectivity index (χ4v) is 2.15. The maximum absolute atomic E-state index is 10.4. The Kier molecular flexibility index (Phi) is 12.9. The topological polar surface area (TPSA) is 115 Å². The fourth-order valence-electron chi connectivity index (χ4n) is 2.15. The van der Waals surface area contributed by atoms with Crippen LogP contribution in [0, 0.1) is 0 Å². The molecule has 0 saturated heterocycles. The normalized spacial score (nSPS) is 15.7. The van der Waals surface area contributed by atoms with Crippen molar-refractivity contribution in [2.24, 2.45) is 0 Å². The lowest BCUT2D eigenvalue weighted by molar-refractivity contribution is -0.143. The Hall–Kier alpha value is -1.14. The summed E-state index contributed by atoms with van der Waals surface area (Å²) in [7, 11) is 0. The van der Waals surface area contributed by atoms with Crippen molar-refractivity contribution in [1.29, 1.82) is 0 Å². The van der Waals surface area contributed by atoms with Crippen molar-refractivity contribution in [3.63, 3.8) is 0 Å². The summed E-state index contributed by atoms with van der Waals surface area (Å²) in [6, 6.07) is 0. The number of rotatable bonds is 11. The van der Waals surface area contributed by atoms with Gasteiger partial charge in [-0.3, -0.25) is 9.59 Å². The summed E-state index contributed by atoms with van der Waals surface area (Å²) < 4.78 is 0. The van der Waals surface area contributed by atoms with E-state index in [0.29, 0.717) is 19.3 Å². The first-order valence-corrected chi connectivity index (χ1v) is 8.40. The van der Waals surface area contributed by atoms with Crippen molar-refractivity contribution < 1.29 is 30.0 Å². The number of carboxylic acids is 2. The smallest absolute Gasteiger partial charge is 0.306 e. The van der Waals surface area contributed by atoms with Gasteiger partial charge in [0, 0.05) is 0 Å². The largest absolute Gasteiger partial charge is 0.481 e. The summed E-state index contributed by atoms with van der Waals surface area (Å²) in [5.74, 6) is -1.86. The minimum absolute atomic E-state index is 0.135. The van der Waals surface area contributed by atoms with Crippen LogP contribution in [0.2, 0.25) is 0 Å². The van der Waals surface area contributed by atoms with Crippen LogP contribution in [-0.4, -0.2) is 43.6 Å². The molecule has 0 amide bonds. The lowest BCUT2D eigenvalue weighted by Gasteiger charge is -2.24. The molecule has 0 aromatic carbocycles. The number of hydrogen-bond donors (Lipinski definition) is 4. The van der Waals surface area contributed by atoms with E-state index in [9.17, 15) is 19.8 Å². The van der Waals surface area contributed by atoms with Gasteiger partial charge in [0.1, 0.15) is 0 Å². The second-order valence-electron chi connectivity index (χ2n) is 6.42. The van der Waals surface area contributed by atoms with Gasteiger partial charge in [-0.05, 0) is 26.2 Å². The third-order valence-corrected chi connectivity index (χ3v) is 3.74. The molecule has 0 heterocycles. The summed E-state index contributed by atoms with van der Waals surface area (Å²) in [5, 5.41) is 36.1. The first-order valence-electron chi connectivity index (χ1n) is 8.40. The van der Waals surface area contributed by atoms with Crippen LogP contribution in [0.15, 0.2) is 0 Å². The molecule has 2 unspecified atom stereocenters. The highest BCUT2D eigenvalue weighted by atomic mass is 16.4. The van der Waals surface area contributed by atoms with E-state index >= 15 is 0 Å². The zero-order chi connectivity index (χ0) is 18.5. The van der Waals surface area contributed by atoms with Gasteiger partial charge in [0.25, 0.3) is 0 Å². The quantitative estimate of drug-likeness (QED) is 0.461. The molecule has 6 nitrogen and oxygen atoms in total. The maximum Gasteiger partial charge on any atom is 0.306 e. The van der Waals surface area contributed by atoms with Crippen LogP contribution < -0.4 is 0 Å². The first-order chi connectivity index (χ1) is 10.5. The third-order valence-electron chi connectivity index (χ3n) is 3.74. The molecule has 0 aliphatic rings.